The molecule has 0 saturated heterocycles. The van der Waals surface area contributed by atoms with Crippen LogP contribution in [-0.2, 0) is 6.42 Å². The van der Waals surface area contributed by atoms with E-state index in [2.05, 4.69) is 27.4 Å². The lowest BCUT2D eigenvalue weighted by molar-refractivity contribution is 0.357. The Labute approximate surface area is 106 Å². The monoisotopic (exact) mass is 241 g/mol. The first-order valence-electron chi connectivity index (χ1n) is 6.19. The van der Waals surface area contributed by atoms with Gasteiger partial charge in [0.15, 0.2) is 0 Å². The van der Waals surface area contributed by atoms with Crippen molar-refractivity contribution in [2.75, 3.05) is 18.5 Å². The smallest absolute Gasteiger partial charge is 0.222 e. The normalized spacial score (nSPS) is 12.9. The van der Waals surface area contributed by atoms with Crippen LogP contribution in [0, 0.1) is 0 Å². The fourth-order valence-corrected chi connectivity index (χ4v) is 2.09. The van der Waals surface area contributed by atoms with Gasteiger partial charge in [0.05, 0.1) is 6.61 Å². The molecule has 1 aliphatic heterocycles. The van der Waals surface area contributed by atoms with Crippen molar-refractivity contribution >= 4 is 5.95 Å². The molecule has 0 aliphatic carbocycles. The summed E-state index contributed by atoms with van der Waals surface area (Å²) in [6.07, 6.45) is 4.69. The second-order valence-corrected chi connectivity index (χ2v) is 4.25. The number of nitrogens with zero attached hydrogens (tertiary/aromatic N) is 2. The Balaban J connectivity index is 1.90. The molecule has 1 aromatic heterocycles. The third-order valence-corrected chi connectivity index (χ3v) is 3.01. The first-order valence-corrected chi connectivity index (χ1v) is 6.19. The van der Waals surface area contributed by atoms with Crippen molar-refractivity contribution < 1.29 is 4.74 Å². The van der Waals surface area contributed by atoms with E-state index in [0.717, 1.165) is 36.4 Å². The summed E-state index contributed by atoms with van der Waals surface area (Å²) in [5.41, 5.74) is 3.44. The summed E-state index contributed by atoms with van der Waals surface area (Å²) in [5, 5.41) is 3.09. The van der Waals surface area contributed by atoms with Gasteiger partial charge in [0, 0.05) is 30.9 Å². The Morgan fingerprint density at radius 2 is 2.06 bits per heavy atom. The maximum atomic E-state index is 5.50. The van der Waals surface area contributed by atoms with Crippen LogP contribution in [-0.4, -0.2) is 23.1 Å². The van der Waals surface area contributed by atoms with Crippen LogP contribution < -0.4 is 10.1 Å². The zero-order chi connectivity index (χ0) is 12.4. The molecule has 0 atom stereocenters. The van der Waals surface area contributed by atoms with Crippen LogP contribution >= 0.6 is 0 Å². The molecule has 0 radical (unpaired) electrons. The van der Waals surface area contributed by atoms with Crippen LogP contribution in [0.2, 0.25) is 0 Å². The zero-order valence-electron chi connectivity index (χ0n) is 10.3. The summed E-state index contributed by atoms with van der Waals surface area (Å²) in [4.78, 5) is 8.57. The van der Waals surface area contributed by atoms with Gasteiger partial charge in [-0.15, -0.1) is 0 Å². The van der Waals surface area contributed by atoms with E-state index in [1.165, 1.54) is 5.56 Å². The summed E-state index contributed by atoms with van der Waals surface area (Å²) in [6.45, 7) is 3.64. The van der Waals surface area contributed by atoms with Crippen molar-refractivity contribution in [1.29, 1.82) is 0 Å². The molecule has 4 heteroatoms. The second-order valence-electron chi connectivity index (χ2n) is 4.25. The second kappa shape index (κ2) is 4.64. The predicted molar refractivity (Wildman–Crippen MR) is 70.8 cm³/mol. The van der Waals surface area contributed by atoms with Crippen molar-refractivity contribution in [2.45, 2.75) is 13.3 Å². The number of aromatic nitrogens is 2. The summed E-state index contributed by atoms with van der Waals surface area (Å²) in [7, 11) is 0. The fourth-order valence-electron chi connectivity index (χ4n) is 2.09. The minimum Gasteiger partial charge on any atom is -0.493 e. The number of nitrogens with one attached hydrogen (secondary N) is 1. The molecule has 1 aromatic carbocycles. The standard InChI is InChI=1S/C14H15N3O/c1-2-15-14-16-8-12(9-17-14)10-3-4-13-11(7-10)5-6-18-13/h3-4,7-9H,2,5-6H2,1H3,(H,15,16,17). The molecule has 0 amide bonds. The Morgan fingerprint density at radius 3 is 2.83 bits per heavy atom. The third-order valence-electron chi connectivity index (χ3n) is 3.01. The number of ether oxygens (including phenoxy) is 1. The summed E-state index contributed by atoms with van der Waals surface area (Å²) < 4.78 is 5.50. The molecule has 2 heterocycles. The molecule has 0 unspecified atom stereocenters. The average molecular weight is 241 g/mol. The van der Waals surface area contributed by atoms with E-state index in [4.69, 9.17) is 4.74 Å². The van der Waals surface area contributed by atoms with Crippen molar-refractivity contribution in [1.82, 2.24) is 9.97 Å². The van der Waals surface area contributed by atoms with Gasteiger partial charge in [-0.25, -0.2) is 9.97 Å². The maximum Gasteiger partial charge on any atom is 0.222 e. The van der Waals surface area contributed by atoms with Crippen LogP contribution in [0.5, 0.6) is 5.75 Å². The third kappa shape index (κ3) is 2.01. The molecule has 0 bridgehead atoms. The molecular weight excluding hydrogens is 226 g/mol. The molecule has 0 spiro atoms. The Kier molecular flexibility index (Phi) is 2.84. The molecule has 18 heavy (non-hydrogen) atoms. The van der Waals surface area contributed by atoms with Gasteiger partial charge in [-0.1, -0.05) is 6.07 Å². The van der Waals surface area contributed by atoms with Gasteiger partial charge < -0.3 is 10.1 Å². The van der Waals surface area contributed by atoms with Gasteiger partial charge in [0.2, 0.25) is 5.95 Å². The Morgan fingerprint density at radius 1 is 1.22 bits per heavy atom. The minimum atomic E-state index is 0.672. The van der Waals surface area contributed by atoms with Gasteiger partial charge in [0.1, 0.15) is 5.75 Å². The topological polar surface area (TPSA) is 47.0 Å². The number of anilines is 1. The van der Waals surface area contributed by atoms with Gasteiger partial charge in [0.25, 0.3) is 0 Å². The molecule has 4 nitrogen and oxygen atoms in total. The van der Waals surface area contributed by atoms with Crippen LogP contribution in [0.25, 0.3) is 11.1 Å². The van der Waals surface area contributed by atoms with Gasteiger partial charge in [-0.05, 0) is 30.2 Å². The Bertz CT molecular complexity index is 551. The average Bonchev–Trinajstić information content (AvgIpc) is 2.87. The number of hydrogen-bond acceptors (Lipinski definition) is 4. The van der Waals surface area contributed by atoms with E-state index in [1.807, 2.05) is 25.4 Å². The van der Waals surface area contributed by atoms with Crippen LogP contribution in [0.15, 0.2) is 30.6 Å². The number of fused-ring (bicyclic) bond motifs is 1. The zero-order valence-corrected chi connectivity index (χ0v) is 10.3. The Hall–Kier alpha value is -2.10. The fraction of sp³-hybridized carbons (Fsp3) is 0.286. The minimum absolute atomic E-state index is 0.672. The van der Waals surface area contributed by atoms with Crippen molar-refractivity contribution in [2.24, 2.45) is 0 Å². The summed E-state index contributed by atoms with van der Waals surface area (Å²) in [5.74, 6) is 1.68. The molecule has 2 aromatic rings. The molecule has 1 aliphatic rings. The lowest BCUT2D eigenvalue weighted by Gasteiger charge is -2.05. The summed E-state index contributed by atoms with van der Waals surface area (Å²) in [6, 6.07) is 6.24. The van der Waals surface area contributed by atoms with Gasteiger partial charge in [-0.2, -0.15) is 0 Å². The quantitative estimate of drug-likeness (QED) is 0.897. The first-order chi connectivity index (χ1) is 8.86. The van der Waals surface area contributed by atoms with Crippen LogP contribution in [0.1, 0.15) is 12.5 Å². The molecule has 3 rings (SSSR count). The van der Waals surface area contributed by atoms with E-state index in [1.54, 1.807) is 0 Å². The highest BCUT2D eigenvalue weighted by Crippen LogP contribution is 2.29. The van der Waals surface area contributed by atoms with E-state index in [9.17, 15) is 0 Å². The number of hydrogen-bond donors (Lipinski definition) is 1. The van der Waals surface area contributed by atoms with Crippen molar-refractivity contribution in [3.8, 4) is 16.9 Å². The molecule has 92 valence electrons. The molecule has 0 saturated carbocycles. The largest absolute Gasteiger partial charge is 0.493 e. The predicted octanol–water partition coefficient (Wildman–Crippen LogP) is 2.51. The maximum absolute atomic E-state index is 5.50. The number of benzene rings is 1. The van der Waals surface area contributed by atoms with Gasteiger partial charge in [-0.3, -0.25) is 0 Å². The lowest BCUT2D eigenvalue weighted by Crippen LogP contribution is -2.01. The number of rotatable bonds is 3. The summed E-state index contributed by atoms with van der Waals surface area (Å²) >= 11 is 0. The lowest BCUT2D eigenvalue weighted by atomic mass is 10.0. The first kappa shape index (κ1) is 11.0. The molecular formula is C14H15N3O. The van der Waals surface area contributed by atoms with Gasteiger partial charge >= 0.3 is 0 Å². The van der Waals surface area contributed by atoms with Crippen molar-refractivity contribution in [3.05, 3.63) is 36.2 Å². The SMILES string of the molecule is CCNc1ncc(-c2ccc3c(c2)CCO3)cn1. The van der Waals surface area contributed by atoms with Crippen molar-refractivity contribution in [3.63, 3.8) is 0 Å². The van der Waals surface area contributed by atoms with E-state index in [0.29, 0.717) is 5.95 Å². The highest BCUT2D eigenvalue weighted by molar-refractivity contribution is 5.65. The van der Waals surface area contributed by atoms with E-state index < -0.39 is 0 Å². The highest BCUT2D eigenvalue weighted by atomic mass is 16.5. The molecule has 0 fully saturated rings. The highest BCUT2D eigenvalue weighted by Gasteiger charge is 2.12. The van der Waals surface area contributed by atoms with E-state index >= 15 is 0 Å². The van der Waals surface area contributed by atoms with Crippen LogP contribution in [0.3, 0.4) is 0 Å². The van der Waals surface area contributed by atoms with Crippen LogP contribution in [0.4, 0.5) is 5.95 Å². The molecule has 1 N–H and O–H groups in total. The van der Waals surface area contributed by atoms with E-state index in [-0.39, 0.29) is 0 Å².